The molecule has 0 saturated carbocycles. The Balaban J connectivity index is 0.00000106. The number of allylic oxidation sites excluding steroid dienone is 1. The number of pyridine rings is 1. The zero-order valence-electron chi connectivity index (χ0n) is 10.2. The monoisotopic (exact) mass is 216 g/mol. The van der Waals surface area contributed by atoms with Gasteiger partial charge in [0.05, 0.1) is 11.4 Å². The average molecular weight is 216 g/mol. The minimum Gasteiger partial charge on any atom is -0.286 e. The summed E-state index contributed by atoms with van der Waals surface area (Å²) < 4.78 is 0. The van der Waals surface area contributed by atoms with Crippen LogP contribution in [-0.2, 0) is 6.42 Å². The molecule has 0 radical (unpaired) electrons. The lowest BCUT2D eigenvalue weighted by atomic mass is 10.1. The predicted octanol–water partition coefficient (Wildman–Crippen LogP) is 3.44. The van der Waals surface area contributed by atoms with Crippen molar-refractivity contribution in [2.45, 2.75) is 19.8 Å². The zero-order chi connectivity index (χ0) is 12.4. The second-order valence-electron chi connectivity index (χ2n) is 3.11. The Morgan fingerprint density at radius 1 is 1.50 bits per heavy atom. The summed E-state index contributed by atoms with van der Waals surface area (Å²) in [6.07, 6.45) is 5.80. The molecule has 0 aromatic carbocycles. The first-order valence-electron chi connectivity index (χ1n) is 5.36. The summed E-state index contributed by atoms with van der Waals surface area (Å²) in [6.45, 7) is 11.9. The van der Waals surface area contributed by atoms with E-state index in [0.717, 1.165) is 24.2 Å². The van der Waals surface area contributed by atoms with Gasteiger partial charge in [-0.3, -0.25) is 9.98 Å². The highest BCUT2D eigenvalue weighted by atomic mass is 14.8. The quantitative estimate of drug-likeness (QED) is 0.559. The topological polar surface area (TPSA) is 25.2 Å². The number of hydrogen-bond donors (Lipinski definition) is 0. The fourth-order valence-electron chi connectivity index (χ4n) is 1.37. The molecule has 0 aliphatic rings. The van der Waals surface area contributed by atoms with Gasteiger partial charge < -0.3 is 0 Å². The molecule has 0 bridgehead atoms. The highest BCUT2D eigenvalue weighted by Gasteiger charge is 2.00. The molecule has 1 aromatic heterocycles. The SMILES string of the molecule is C=C.C=CC(=NC)c1cc(CCC)ccn1. The first-order chi connectivity index (χ1) is 7.81. The van der Waals surface area contributed by atoms with E-state index in [1.54, 1.807) is 13.1 Å². The van der Waals surface area contributed by atoms with E-state index in [0.29, 0.717) is 0 Å². The molecule has 16 heavy (non-hydrogen) atoms. The highest BCUT2D eigenvalue weighted by molar-refractivity contribution is 6.06. The minimum atomic E-state index is 0.850. The van der Waals surface area contributed by atoms with Gasteiger partial charge in [0.2, 0.25) is 0 Å². The van der Waals surface area contributed by atoms with Crippen LogP contribution in [0, 0.1) is 0 Å². The van der Waals surface area contributed by atoms with Crippen LogP contribution in [0.5, 0.6) is 0 Å². The van der Waals surface area contributed by atoms with Crippen LogP contribution in [0.2, 0.25) is 0 Å². The van der Waals surface area contributed by atoms with Crippen molar-refractivity contribution in [3.63, 3.8) is 0 Å². The van der Waals surface area contributed by atoms with Crippen LogP contribution in [-0.4, -0.2) is 17.7 Å². The molecule has 0 N–H and O–H groups in total. The van der Waals surface area contributed by atoms with Gasteiger partial charge >= 0.3 is 0 Å². The summed E-state index contributed by atoms with van der Waals surface area (Å²) in [7, 11) is 1.76. The molecule has 1 aromatic rings. The van der Waals surface area contributed by atoms with Gasteiger partial charge in [0, 0.05) is 13.2 Å². The molecule has 0 unspecified atom stereocenters. The Morgan fingerprint density at radius 3 is 2.69 bits per heavy atom. The van der Waals surface area contributed by atoms with Gasteiger partial charge in [0.15, 0.2) is 0 Å². The maximum absolute atomic E-state index is 4.26. The van der Waals surface area contributed by atoms with Crippen LogP contribution < -0.4 is 0 Å². The molecule has 0 atom stereocenters. The van der Waals surface area contributed by atoms with E-state index < -0.39 is 0 Å². The Kier molecular flexibility index (Phi) is 7.68. The largest absolute Gasteiger partial charge is 0.286 e. The van der Waals surface area contributed by atoms with Crippen molar-refractivity contribution in [3.05, 3.63) is 55.4 Å². The van der Waals surface area contributed by atoms with Crippen LogP contribution in [0.15, 0.2) is 49.1 Å². The van der Waals surface area contributed by atoms with E-state index in [1.807, 2.05) is 12.3 Å². The van der Waals surface area contributed by atoms with Gasteiger partial charge in [-0.2, -0.15) is 0 Å². The average Bonchev–Trinajstić information content (AvgIpc) is 2.34. The van der Waals surface area contributed by atoms with Crippen LogP contribution in [0.1, 0.15) is 24.6 Å². The van der Waals surface area contributed by atoms with Gasteiger partial charge in [-0.15, -0.1) is 13.2 Å². The molecule has 2 nitrogen and oxygen atoms in total. The van der Waals surface area contributed by atoms with E-state index in [4.69, 9.17) is 0 Å². The molecule has 1 rings (SSSR count). The van der Waals surface area contributed by atoms with E-state index in [-0.39, 0.29) is 0 Å². The Bertz CT molecular complexity index is 354. The highest BCUT2D eigenvalue weighted by Crippen LogP contribution is 2.06. The lowest BCUT2D eigenvalue weighted by molar-refractivity contribution is 0.917. The number of aromatic nitrogens is 1. The van der Waals surface area contributed by atoms with Crippen molar-refractivity contribution in [1.82, 2.24) is 4.98 Å². The molecular weight excluding hydrogens is 196 g/mol. The molecular formula is C14H20N2. The molecule has 0 spiro atoms. The Morgan fingerprint density at radius 2 is 2.19 bits per heavy atom. The number of rotatable bonds is 4. The first-order valence-corrected chi connectivity index (χ1v) is 5.36. The third kappa shape index (κ3) is 4.22. The molecule has 2 heteroatoms. The van der Waals surface area contributed by atoms with Crippen LogP contribution in [0.4, 0.5) is 0 Å². The molecule has 86 valence electrons. The molecule has 0 saturated heterocycles. The lowest BCUT2D eigenvalue weighted by Gasteiger charge is -2.02. The van der Waals surface area contributed by atoms with Crippen molar-refractivity contribution >= 4 is 5.71 Å². The maximum Gasteiger partial charge on any atom is 0.0883 e. The van der Waals surface area contributed by atoms with Gasteiger partial charge in [0.1, 0.15) is 0 Å². The van der Waals surface area contributed by atoms with E-state index in [9.17, 15) is 0 Å². The van der Waals surface area contributed by atoms with Crippen LogP contribution in [0.3, 0.4) is 0 Å². The minimum absolute atomic E-state index is 0.850. The Hall–Kier alpha value is -1.70. The van der Waals surface area contributed by atoms with Crippen molar-refractivity contribution in [1.29, 1.82) is 0 Å². The molecule has 0 aliphatic carbocycles. The van der Waals surface area contributed by atoms with Crippen molar-refractivity contribution in [2.75, 3.05) is 7.05 Å². The van der Waals surface area contributed by atoms with Crippen molar-refractivity contribution < 1.29 is 0 Å². The molecule has 0 aliphatic heterocycles. The fraction of sp³-hybridized carbons (Fsp3) is 0.286. The van der Waals surface area contributed by atoms with Crippen LogP contribution >= 0.6 is 0 Å². The molecule has 1 heterocycles. The Labute approximate surface area is 98.5 Å². The molecule has 0 fully saturated rings. The summed E-state index contributed by atoms with van der Waals surface area (Å²) >= 11 is 0. The second-order valence-corrected chi connectivity index (χ2v) is 3.11. The van der Waals surface area contributed by atoms with Gasteiger partial charge in [0.25, 0.3) is 0 Å². The third-order valence-corrected chi connectivity index (χ3v) is 2.06. The summed E-state index contributed by atoms with van der Waals surface area (Å²) in [6, 6.07) is 4.12. The normalized spacial score (nSPS) is 10.2. The maximum atomic E-state index is 4.26. The zero-order valence-corrected chi connectivity index (χ0v) is 10.2. The number of aryl methyl sites for hydroxylation is 1. The summed E-state index contributed by atoms with van der Waals surface area (Å²) in [5.74, 6) is 0. The van der Waals surface area contributed by atoms with Gasteiger partial charge in [-0.25, -0.2) is 0 Å². The van der Waals surface area contributed by atoms with Gasteiger partial charge in [-0.05, 0) is 30.2 Å². The predicted molar refractivity (Wildman–Crippen MR) is 72.1 cm³/mol. The van der Waals surface area contributed by atoms with E-state index in [1.165, 1.54) is 5.56 Å². The molecule has 0 amide bonds. The fourth-order valence-corrected chi connectivity index (χ4v) is 1.37. The summed E-state index contributed by atoms with van der Waals surface area (Å²) in [5, 5.41) is 0. The summed E-state index contributed by atoms with van der Waals surface area (Å²) in [4.78, 5) is 8.38. The number of nitrogens with zero attached hydrogens (tertiary/aromatic N) is 2. The first kappa shape index (κ1) is 14.3. The van der Waals surface area contributed by atoms with Crippen molar-refractivity contribution in [2.24, 2.45) is 4.99 Å². The third-order valence-electron chi connectivity index (χ3n) is 2.06. The van der Waals surface area contributed by atoms with Crippen LogP contribution in [0.25, 0.3) is 0 Å². The smallest absolute Gasteiger partial charge is 0.0883 e. The summed E-state index contributed by atoms with van der Waals surface area (Å²) in [5.41, 5.74) is 3.07. The second kappa shape index (κ2) is 8.60. The lowest BCUT2D eigenvalue weighted by Crippen LogP contribution is -2.00. The number of hydrogen-bond acceptors (Lipinski definition) is 2. The van der Waals surface area contributed by atoms with Gasteiger partial charge in [-0.1, -0.05) is 19.9 Å². The van der Waals surface area contributed by atoms with E-state index in [2.05, 4.69) is 42.7 Å². The standard InChI is InChI=1S/C12H16N2.C2H4/c1-4-6-10-7-8-14-12(9-10)11(5-2)13-3;1-2/h5,7-9H,2,4,6H2,1,3H3;1-2H2. The van der Waals surface area contributed by atoms with Crippen molar-refractivity contribution in [3.8, 4) is 0 Å². The van der Waals surface area contributed by atoms with E-state index >= 15 is 0 Å². The number of aliphatic imine (C=N–C) groups is 1.